The van der Waals surface area contributed by atoms with Crippen LogP contribution in [0.25, 0.3) is 0 Å². The van der Waals surface area contributed by atoms with Gasteiger partial charge in [0.2, 0.25) is 0 Å². The average Bonchev–Trinajstić information content (AvgIpc) is 2.15. The number of hydrogen-bond donors (Lipinski definition) is 1. The highest BCUT2D eigenvalue weighted by atomic mass is 19.4. The van der Waals surface area contributed by atoms with Gasteiger partial charge in [0, 0.05) is 0 Å². The second kappa shape index (κ2) is 4.15. The monoisotopic (exact) mass is 232 g/mol. The molecule has 0 aromatic heterocycles. The number of hydrogen-bond acceptors (Lipinski definition) is 2. The van der Waals surface area contributed by atoms with Crippen molar-refractivity contribution >= 4 is 5.78 Å². The van der Waals surface area contributed by atoms with E-state index in [0.717, 1.165) is 6.07 Å². The Labute approximate surface area is 90.7 Å². The predicted molar refractivity (Wildman–Crippen MR) is 52.6 cm³/mol. The summed E-state index contributed by atoms with van der Waals surface area (Å²) in [5, 5.41) is 9.57. The van der Waals surface area contributed by atoms with E-state index < -0.39 is 23.3 Å². The molecule has 0 saturated heterocycles. The van der Waals surface area contributed by atoms with Crippen LogP contribution in [0.3, 0.4) is 0 Å². The number of Topliss-reactive ketones (excluding diaryl/α,β-unsaturated/α-hetero) is 1. The number of alkyl halides is 3. The lowest BCUT2D eigenvalue weighted by Crippen LogP contribution is -2.23. The number of rotatable bonds is 2. The van der Waals surface area contributed by atoms with Gasteiger partial charge in [0.1, 0.15) is 5.75 Å². The third-order valence-electron chi connectivity index (χ3n) is 2.19. The van der Waals surface area contributed by atoms with E-state index in [1.807, 2.05) is 0 Å². The summed E-state index contributed by atoms with van der Waals surface area (Å²) in [4.78, 5) is 11.0. The predicted octanol–water partition coefficient (Wildman–Crippen LogP) is 3.26. The Morgan fingerprint density at radius 3 is 2.31 bits per heavy atom. The van der Waals surface area contributed by atoms with Crippen LogP contribution < -0.4 is 0 Å². The van der Waals surface area contributed by atoms with Gasteiger partial charge in [0.05, 0.1) is 5.56 Å². The van der Waals surface area contributed by atoms with E-state index in [2.05, 4.69) is 0 Å². The van der Waals surface area contributed by atoms with Gasteiger partial charge in [-0.15, -0.1) is 0 Å². The summed E-state index contributed by atoms with van der Waals surface area (Å²) in [5.74, 6) is -2.76. The number of carbonyl (C=O) groups is 1. The summed E-state index contributed by atoms with van der Waals surface area (Å²) in [7, 11) is 0. The number of benzene rings is 1. The van der Waals surface area contributed by atoms with E-state index in [0.29, 0.717) is 5.56 Å². The molecule has 0 unspecified atom stereocenters. The summed E-state index contributed by atoms with van der Waals surface area (Å²) in [6.45, 7) is 3.44. The van der Waals surface area contributed by atoms with Crippen molar-refractivity contribution in [3.63, 3.8) is 0 Å². The Morgan fingerprint density at radius 2 is 1.88 bits per heavy atom. The Hall–Kier alpha value is -1.52. The Morgan fingerprint density at radius 1 is 1.31 bits per heavy atom. The first-order valence-electron chi connectivity index (χ1n) is 4.68. The first-order valence-corrected chi connectivity index (χ1v) is 4.68. The van der Waals surface area contributed by atoms with Crippen LogP contribution >= 0.6 is 0 Å². The average molecular weight is 232 g/mol. The number of phenols is 1. The van der Waals surface area contributed by atoms with Gasteiger partial charge < -0.3 is 5.11 Å². The molecule has 0 fully saturated rings. The fourth-order valence-electron chi connectivity index (χ4n) is 1.36. The van der Waals surface area contributed by atoms with Crippen molar-refractivity contribution < 1.29 is 23.1 Å². The molecular formula is C11H11F3O2. The molecule has 0 amide bonds. The fourth-order valence-corrected chi connectivity index (χ4v) is 1.36. The van der Waals surface area contributed by atoms with Crippen LogP contribution in [0.4, 0.5) is 13.2 Å². The molecule has 1 rings (SSSR count). The second-order valence-electron chi connectivity index (χ2n) is 3.72. The largest absolute Gasteiger partial charge is 0.507 e. The van der Waals surface area contributed by atoms with Gasteiger partial charge in [-0.25, -0.2) is 0 Å². The summed E-state index contributed by atoms with van der Waals surface area (Å²) in [5.41, 5.74) is -0.367. The minimum atomic E-state index is -4.97. The first-order chi connectivity index (χ1) is 7.25. The lowest BCUT2D eigenvalue weighted by molar-refractivity contribution is -0.0886. The van der Waals surface area contributed by atoms with Crippen molar-refractivity contribution in [1.82, 2.24) is 0 Å². The van der Waals surface area contributed by atoms with Gasteiger partial charge in [0.25, 0.3) is 5.78 Å². The molecule has 1 aromatic rings. The number of aromatic hydroxyl groups is 1. The van der Waals surface area contributed by atoms with Crippen molar-refractivity contribution in [2.24, 2.45) is 0 Å². The molecule has 0 saturated carbocycles. The standard InChI is InChI=1S/C11H11F3O2/c1-6(2)7-4-3-5-8(9(7)15)10(16)11(12,13)14/h3-6,15H,1-2H3. The first kappa shape index (κ1) is 12.5. The zero-order valence-corrected chi connectivity index (χ0v) is 8.80. The quantitative estimate of drug-likeness (QED) is 0.794. The SMILES string of the molecule is CC(C)c1cccc(C(=O)C(F)(F)F)c1O. The van der Waals surface area contributed by atoms with Gasteiger partial charge in [0.15, 0.2) is 0 Å². The van der Waals surface area contributed by atoms with Gasteiger partial charge in [-0.2, -0.15) is 13.2 Å². The Kier molecular flexibility index (Phi) is 3.26. The smallest absolute Gasteiger partial charge is 0.455 e. The molecule has 16 heavy (non-hydrogen) atoms. The van der Waals surface area contributed by atoms with Gasteiger partial charge in [-0.3, -0.25) is 4.79 Å². The molecule has 5 heteroatoms. The molecule has 0 aliphatic rings. The maximum absolute atomic E-state index is 12.2. The maximum Gasteiger partial charge on any atom is 0.455 e. The minimum absolute atomic E-state index is 0.152. The van der Waals surface area contributed by atoms with E-state index in [9.17, 15) is 23.1 Å². The van der Waals surface area contributed by atoms with E-state index in [1.165, 1.54) is 12.1 Å². The van der Waals surface area contributed by atoms with E-state index in [1.54, 1.807) is 13.8 Å². The van der Waals surface area contributed by atoms with E-state index in [4.69, 9.17) is 0 Å². The second-order valence-corrected chi connectivity index (χ2v) is 3.72. The van der Waals surface area contributed by atoms with Crippen LogP contribution in [0.2, 0.25) is 0 Å². The molecule has 2 nitrogen and oxygen atoms in total. The van der Waals surface area contributed by atoms with Gasteiger partial charge in [-0.1, -0.05) is 26.0 Å². The van der Waals surface area contributed by atoms with Crippen molar-refractivity contribution in [2.45, 2.75) is 25.9 Å². The molecule has 0 aliphatic heterocycles. The number of phenolic OH excluding ortho intramolecular Hbond substituents is 1. The molecule has 1 aromatic carbocycles. The van der Waals surface area contributed by atoms with Crippen molar-refractivity contribution in [3.05, 3.63) is 29.3 Å². The Bertz CT molecular complexity index is 408. The molecule has 0 aliphatic carbocycles. The third-order valence-corrected chi connectivity index (χ3v) is 2.19. The summed E-state index contributed by atoms with van der Waals surface area (Å²) in [6.07, 6.45) is -4.97. The van der Waals surface area contributed by atoms with Crippen LogP contribution in [0.5, 0.6) is 5.75 Å². The molecule has 0 heterocycles. The molecular weight excluding hydrogens is 221 g/mol. The topological polar surface area (TPSA) is 37.3 Å². The molecule has 0 radical (unpaired) electrons. The third kappa shape index (κ3) is 2.35. The lowest BCUT2D eigenvalue weighted by Gasteiger charge is -2.12. The maximum atomic E-state index is 12.2. The zero-order valence-electron chi connectivity index (χ0n) is 8.80. The highest BCUT2D eigenvalue weighted by Crippen LogP contribution is 2.32. The molecule has 0 atom stereocenters. The minimum Gasteiger partial charge on any atom is -0.507 e. The van der Waals surface area contributed by atoms with E-state index >= 15 is 0 Å². The number of ketones is 1. The van der Waals surface area contributed by atoms with Crippen LogP contribution in [-0.2, 0) is 0 Å². The normalized spacial score (nSPS) is 11.9. The van der Waals surface area contributed by atoms with Crippen LogP contribution in [0, 0.1) is 0 Å². The number of para-hydroxylation sites is 1. The van der Waals surface area contributed by atoms with Gasteiger partial charge >= 0.3 is 6.18 Å². The zero-order chi connectivity index (χ0) is 12.5. The molecule has 88 valence electrons. The van der Waals surface area contributed by atoms with Crippen molar-refractivity contribution in [3.8, 4) is 5.75 Å². The Balaban J connectivity index is 3.27. The number of carbonyl (C=O) groups excluding carboxylic acids is 1. The molecule has 0 bridgehead atoms. The summed E-state index contributed by atoms with van der Waals surface area (Å²) in [6, 6.07) is 3.79. The van der Waals surface area contributed by atoms with E-state index in [-0.39, 0.29) is 5.92 Å². The van der Waals surface area contributed by atoms with Crippen LogP contribution in [0.1, 0.15) is 35.7 Å². The van der Waals surface area contributed by atoms with Crippen LogP contribution in [-0.4, -0.2) is 17.1 Å². The number of halogens is 3. The van der Waals surface area contributed by atoms with Crippen molar-refractivity contribution in [2.75, 3.05) is 0 Å². The summed E-state index contributed by atoms with van der Waals surface area (Å²) >= 11 is 0. The van der Waals surface area contributed by atoms with Crippen molar-refractivity contribution in [1.29, 1.82) is 0 Å². The molecule has 1 N–H and O–H groups in total. The fraction of sp³-hybridized carbons (Fsp3) is 0.364. The highest BCUT2D eigenvalue weighted by molar-refractivity contribution is 6.02. The van der Waals surface area contributed by atoms with Gasteiger partial charge in [-0.05, 0) is 17.5 Å². The lowest BCUT2D eigenvalue weighted by atomic mass is 9.97. The summed E-state index contributed by atoms with van der Waals surface area (Å²) < 4.78 is 36.6. The molecule has 0 spiro atoms. The van der Waals surface area contributed by atoms with Crippen LogP contribution in [0.15, 0.2) is 18.2 Å². The highest BCUT2D eigenvalue weighted by Gasteiger charge is 2.40.